The second-order valence-electron chi connectivity index (χ2n) is 7.76. The van der Waals surface area contributed by atoms with E-state index in [1.165, 1.54) is 12.5 Å². The molecule has 3 heterocycles. The van der Waals surface area contributed by atoms with Gasteiger partial charge in [0.25, 0.3) is 0 Å². The van der Waals surface area contributed by atoms with Crippen LogP contribution in [0.4, 0.5) is 4.39 Å². The molecular formula is C17H19ClFN3O3. The molecule has 25 heavy (non-hydrogen) atoms. The number of halogens is 2. The lowest BCUT2D eigenvalue weighted by Gasteiger charge is -2.29. The molecular weight excluding hydrogens is 349 g/mol. The summed E-state index contributed by atoms with van der Waals surface area (Å²) in [4.78, 5) is 8.11. The Morgan fingerprint density at radius 2 is 2.20 bits per heavy atom. The molecule has 6 nitrogen and oxygen atoms in total. The highest BCUT2D eigenvalue weighted by Crippen LogP contribution is 2.61. The molecule has 0 amide bonds. The minimum Gasteiger partial charge on any atom is -0.393 e. The molecule has 5 rings (SSSR count). The summed E-state index contributed by atoms with van der Waals surface area (Å²) >= 11 is 6.06. The van der Waals surface area contributed by atoms with Crippen LogP contribution in [0.2, 0.25) is 5.15 Å². The molecule has 3 aliphatic rings. The summed E-state index contributed by atoms with van der Waals surface area (Å²) in [6.07, 6.45) is 4.11. The minimum absolute atomic E-state index is 0.0397. The molecule has 5 atom stereocenters. The third-order valence-corrected chi connectivity index (χ3v) is 6.26. The molecule has 3 fully saturated rings. The van der Waals surface area contributed by atoms with Gasteiger partial charge in [-0.05, 0) is 33.1 Å². The van der Waals surface area contributed by atoms with Crippen molar-refractivity contribution in [2.24, 2.45) is 5.92 Å². The maximum atomic E-state index is 14.5. The van der Waals surface area contributed by atoms with Gasteiger partial charge in [0, 0.05) is 12.1 Å². The fraction of sp³-hybridized carbons (Fsp3) is 0.647. The standard InChI is InChI=1S/C17H19ClFN3O3/c1-16(2)24-13-10(5-8-11(23)3-4-17(8,13)25-16)22-6-9(19)12-14(18)20-7-21-15(12)22/h6-8,10-11,13,23H,3-5H2,1-2H3/t8-,10-,11+,13+,17-/m1/s1. The summed E-state index contributed by atoms with van der Waals surface area (Å²) in [6, 6.07) is -0.181. The lowest BCUT2D eigenvalue weighted by atomic mass is 9.92. The minimum atomic E-state index is -0.736. The first kappa shape index (κ1) is 15.9. The largest absolute Gasteiger partial charge is 0.393 e. The molecule has 1 saturated heterocycles. The third kappa shape index (κ3) is 2.01. The average Bonchev–Trinajstić information content (AvgIpc) is 3.18. The van der Waals surface area contributed by atoms with Gasteiger partial charge >= 0.3 is 0 Å². The average molecular weight is 368 g/mol. The molecule has 0 radical (unpaired) electrons. The lowest BCUT2D eigenvalue weighted by molar-refractivity contribution is -0.179. The Kier molecular flexibility index (Phi) is 3.13. The van der Waals surface area contributed by atoms with Gasteiger partial charge < -0.3 is 19.1 Å². The second-order valence-corrected chi connectivity index (χ2v) is 8.12. The number of hydrogen-bond donors (Lipinski definition) is 1. The number of aliphatic hydroxyl groups is 1. The van der Waals surface area contributed by atoms with Gasteiger partial charge in [-0.2, -0.15) is 0 Å². The normalized spacial score (nSPS) is 39.1. The zero-order valence-electron chi connectivity index (χ0n) is 13.9. The number of aliphatic hydroxyl groups excluding tert-OH is 1. The van der Waals surface area contributed by atoms with E-state index in [0.717, 1.165) is 6.42 Å². The van der Waals surface area contributed by atoms with Gasteiger partial charge in [-0.15, -0.1) is 0 Å². The Morgan fingerprint density at radius 3 is 3.00 bits per heavy atom. The van der Waals surface area contributed by atoms with Crippen LogP contribution in [0.3, 0.4) is 0 Å². The molecule has 1 N–H and O–H groups in total. The maximum absolute atomic E-state index is 14.5. The van der Waals surface area contributed by atoms with Crippen molar-refractivity contribution in [3.8, 4) is 0 Å². The van der Waals surface area contributed by atoms with E-state index in [9.17, 15) is 9.50 Å². The molecule has 0 bridgehead atoms. The second kappa shape index (κ2) is 4.91. The van der Waals surface area contributed by atoms with Crippen molar-refractivity contribution in [2.75, 3.05) is 0 Å². The summed E-state index contributed by atoms with van der Waals surface area (Å²) in [7, 11) is 0. The van der Waals surface area contributed by atoms with Crippen LogP contribution < -0.4 is 0 Å². The number of aromatic nitrogens is 3. The van der Waals surface area contributed by atoms with Crippen molar-refractivity contribution in [3.63, 3.8) is 0 Å². The molecule has 1 aliphatic heterocycles. The molecule has 2 aliphatic carbocycles. The number of hydrogen-bond acceptors (Lipinski definition) is 5. The predicted molar refractivity (Wildman–Crippen MR) is 87.6 cm³/mol. The summed E-state index contributed by atoms with van der Waals surface area (Å²) in [5, 5.41) is 10.8. The van der Waals surface area contributed by atoms with Crippen LogP contribution >= 0.6 is 11.6 Å². The van der Waals surface area contributed by atoms with Crippen molar-refractivity contribution < 1.29 is 19.0 Å². The van der Waals surface area contributed by atoms with Crippen molar-refractivity contribution in [1.29, 1.82) is 0 Å². The summed E-state index contributed by atoms with van der Waals surface area (Å²) in [6.45, 7) is 3.76. The van der Waals surface area contributed by atoms with Crippen LogP contribution in [-0.2, 0) is 9.47 Å². The van der Waals surface area contributed by atoms with Crippen LogP contribution in [0, 0.1) is 11.7 Å². The molecule has 2 aromatic rings. The highest BCUT2D eigenvalue weighted by molar-refractivity contribution is 6.34. The van der Waals surface area contributed by atoms with E-state index in [2.05, 4.69) is 9.97 Å². The molecule has 1 spiro atoms. The van der Waals surface area contributed by atoms with Crippen molar-refractivity contribution >= 4 is 22.6 Å². The Balaban J connectivity index is 1.66. The highest BCUT2D eigenvalue weighted by Gasteiger charge is 2.68. The highest BCUT2D eigenvalue weighted by atomic mass is 35.5. The number of rotatable bonds is 1. The fourth-order valence-electron chi connectivity index (χ4n) is 5.17. The zero-order valence-corrected chi connectivity index (χ0v) is 14.7. The monoisotopic (exact) mass is 367 g/mol. The van der Waals surface area contributed by atoms with Crippen LogP contribution in [0.15, 0.2) is 12.5 Å². The molecule has 134 valence electrons. The maximum Gasteiger partial charge on any atom is 0.164 e. The van der Waals surface area contributed by atoms with Crippen LogP contribution in [-0.4, -0.2) is 43.2 Å². The molecule has 0 unspecified atom stereocenters. The quantitative estimate of drug-likeness (QED) is 0.785. The van der Waals surface area contributed by atoms with Gasteiger partial charge in [-0.1, -0.05) is 11.6 Å². The van der Waals surface area contributed by atoms with Crippen LogP contribution in [0.25, 0.3) is 11.0 Å². The number of fused-ring (bicyclic) bond motifs is 1. The number of ether oxygens (including phenoxy) is 2. The third-order valence-electron chi connectivity index (χ3n) is 5.97. The van der Waals surface area contributed by atoms with E-state index in [-0.39, 0.29) is 28.6 Å². The van der Waals surface area contributed by atoms with E-state index in [4.69, 9.17) is 21.1 Å². The SMILES string of the molecule is CC1(C)O[C@H]2[C@H](n3cc(F)c4c(Cl)ncnc43)C[C@@H]3[C@@H](O)CC[C@@]32O1. The summed E-state index contributed by atoms with van der Waals surface area (Å²) in [5.74, 6) is -1.23. The Hall–Kier alpha value is -1.28. The first-order valence-electron chi connectivity index (χ1n) is 8.55. The van der Waals surface area contributed by atoms with Crippen molar-refractivity contribution in [2.45, 2.75) is 62.7 Å². The molecule has 2 aromatic heterocycles. The first-order valence-corrected chi connectivity index (χ1v) is 8.93. The van der Waals surface area contributed by atoms with Gasteiger partial charge in [0.2, 0.25) is 0 Å². The van der Waals surface area contributed by atoms with Crippen molar-refractivity contribution in [1.82, 2.24) is 14.5 Å². The van der Waals surface area contributed by atoms with Gasteiger partial charge in [-0.25, -0.2) is 14.4 Å². The smallest absolute Gasteiger partial charge is 0.164 e. The molecule has 8 heteroatoms. The van der Waals surface area contributed by atoms with Crippen LogP contribution in [0.5, 0.6) is 0 Å². The van der Waals surface area contributed by atoms with E-state index >= 15 is 0 Å². The number of nitrogens with zero attached hydrogens (tertiary/aromatic N) is 3. The Bertz CT molecular complexity index is 872. The fourth-order valence-corrected chi connectivity index (χ4v) is 5.39. The Labute approximate surface area is 148 Å². The topological polar surface area (TPSA) is 69.4 Å². The van der Waals surface area contributed by atoms with Crippen LogP contribution in [0.1, 0.15) is 39.2 Å². The molecule has 2 saturated carbocycles. The predicted octanol–water partition coefficient (Wildman–Crippen LogP) is 2.83. The van der Waals surface area contributed by atoms with E-state index < -0.39 is 23.3 Å². The summed E-state index contributed by atoms with van der Waals surface area (Å²) < 4.78 is 28.8. The van der Waals surface area contributed by atoms with Crippen molar-refractivity contribution in [3.05, 3.63) is 23.5 Å². The van der Waals surface area contributed by atoms with Gasteiger partial charge in [0.05, 0.1) is 17.5 Å². The Morgan fingerprint density at radius 1 is 1.40 bits per heavy atom. The zero-order chi connectivity index (χ0) is 17.6. The van der Waals surface area contributed by atoms with E-state index in [1.54, 1.807) is 4.57 Å². The van der Waals surface area contributed by atoms with Gasteiger partial charge in [-0.3, -0.25) is 0 Å². The van der Waals surface area contributed by atoms with E-state index in [0.29, 0.717) is 18.5 Å². The summed E-state index contributed by atoms with van der Waals surface area (Å²) in [5.41, 5.74) is -0.0854. The first-order chi connectivity index (χ1) is 11.8. The lowest BCUT2D eigenvalue weighted by Crippen LogP contribution is -2.41. The van der Waals surface area contributed by atoms with Gasteiger partial charge in [0.15, 0.2) is 11.6 Å². The molecule has 0 aromatic carbocycles. The van der Waals surface area contributed by atoms with E-state index in [1.807, 2.05) is 13.8 Å². The van der Waals surface area contributed by atoms with Gasteiger partial charge in [0.1, 0.15) is 28.8 Å².